The Morgan fingerprint density at radius 2 is 1.73 bits per heavy atom. The summed E-state index contributed by atoms with van der Waals surface area (Å²) < 4.78 is 33.6. The highest BCUT2D eigenvalue weighted by Crippen LogP contribution is 2.72. The molecule has 6 rings (SSSR count). The number of allylic oxidation sites excluding steroid dienone is 2. The number of hydrogen-bond acceptors (Lipinski definition) is 16. The van der Waals surface area contributed by atoms with Gasteiger partial charge in [0.15, 0.2) is 11.5 Å². The molecular formula is C29H38O16. The molecule has 0 aromatic carbocycles. The maximum atomic E-state index is 13.7. The number of aliphatic hydroxyl groups excluding tert-OH is 6. The van der Waals surface area contributed by atoms with Crippen LogP contribution in [0.25, 0.3) is 0 Å². The summed E-state index contributed by atoms with van der Waals surface area (Å²) in [6, 6.07) is 0. The zero-order chi connectivity index (χ0) is 33.0. The Hall–Kier alpha value is -2.70. The van der Waals surface area contributed by atoms with E-state index in [4.69, 9.17) is 28.4 Å². The molecule has 0 amide bonds. The zero-order valence-corrected chi connectivity index (χ0v) is 25.0. The predicted molar refractivity (Wildman–Crippen MR) is 141 cm³/mol. The average Bonchev–Trinajstić information content (AvgIpc) is 3.30. The Bertz CT molecular complexity index is 1310. The highest BCUT2D eigenvalue weighted by atomic mass is 16.7. The van der Waals surface area contributed by atoms with Crippen molar-refractivity contribution >= 4 is 23.7 Å². The van der Waals surface area contributed by atoms with E-state index in [2.05, 4.69) is 0 Å². The molecule has 3 saturated heterocycles. The van der Waals surface area contributed by atoms with E-state index in [-0.39, 0.29) is 18.8 Å². The van der Waals surface area contributed by atoms with Gasteiger partial charge in [0.1, 0.15) is 36.6 Å². The van der Waals surface area contributed by atoms with E-state index < -0.39 is 126 Å². The van der Waals surface area contributed by atoms with Crippen LogP contribution in [0, 0.1) is 34.5 Å². The van der Waals surface area contributed by atoms with Gasteiger partial charge in [0, 0.05) is 24.2 Å². The lowest BCUT2D eigenvalue weighted by molar-refractivity contribution is -0.296. The third kappa shape index (κ3) is 4.06. The number of rotatable bonds is 5. The van der Waals surface area contributed by atoms with Gasteiger partial charge >= 0.3 is 17.9 Å². The fraction of sp³-hybridized carbons (Fsp3) is 0.793. The topological polar surface area (TPSA) is 245 Å². The van der Waals surface area contributed by atoms with Crippen LogP contribution in [0.1, 0.15) is 27.2 Å². The van der Waals surface area contributed by atoms with Crippen LogP contribution in [0.2, 0.25) is 0 Å². The van der Waals surface area contributed by atoms with Gasteiger partial charge in [0.25, 0.3) is 0 Å². The summed E-state index contributed by atoms with van der Waals surface area (Å²) in [6.07, 6.45) is -13.2. The van der Waals surface area contributed by atoms with Crippen molar-refractivity contribution in [2.75, 3.05) is 20.3 Å². The molecule has 3 heterocycles. The molecule has 16 nitrogen and oxygen atoms in total. The van der Waals surface area contributed by atoms with Gasteiger partial charge in [-0.2, -0.15) is 0 Å². The molecule has 16 heteroatoms. The molecule has 45 heavy (non-hydrogen) atoms. The van der Waals surface area contributed by atoms with Gasteiger partial charge < -0.3 is 59.1 Å². The molecule has 1 spiro atoms. The molecule has 0 radical (unpaired) electrons. The first-order chi connectivity index (χ1) is 21.1. The number of ketones is 1. The highest BCUT2D eigenvalue weighted by Gasteiger charge is 2.85. The van der Waals surface area contributed by atoms with Gasteiger partial charge in [-0.1, -0.05) is 13.8 Å². The van der Waals surface area contributed by atoms with Crippen LogP contribution in [-0.4, -0.2) is 135 Å². The number of methoxy groups -OCH3 is 1. The fourth-order valence-corrected chi connectivity index (χ4v) is 9.36. The normalized spacial score (nSPS) is 51.7. The maximum absolute atomic E-state index is 13.7. The van der Waals surface area contributed by atoms with E-state index in [1.165, 1.54) is 6.08 Å². The van der Waals surface area contributed by atoms with Crippen molar-refractivity contribution in [1.82, 2.24) is 0 Å². The van der Waals surface area contributed by atoms with Crippen molar-refractivity contribution in [3.05, 3.63) is 11.8 Å². The molecule has 0 aromatic heterocycles. The number of esters is 3. The van der Waals surface area contributed by atoms with Crippen molar-refractivity contribution < 1.29 is 78.2 Å². The van der Waals surface area contributed by atoms with Gasteiger partial charge in [-0.15, -0.1) is 0 Å². The van der Waals surface area contributed by atoms with Crippen LogP contribution < -0.4 is 0 Å². The third-order valence-corrected chi connectivity index (χ3v) is 11.2. The van der Waals surface area contributed by atoms with Crippen LogP contribution in [0.3, 0.4) is 0 Å². The molecule has 3 aliphatic heterocycles. The fourth-order valence-electron chi connectivity index (χ4n) is 9.36. The van der Waals surface area contributed by atoms with Gasteiger partial charge in [0.05, 0.1) is 32.3 Å². The number of aliphatic hydroxyl groups is 6. The Balaban J connectivity index is 1.49. The number of carbonyl (C=O) groups is 4. The van der Waals surface area contributed by atoms with Gasteiger partial charge in [-0.05, 0) is 23.8 Å². The molecule has 250 valence electrons. The van der Waals surface area contributed by atoms with Crippen LogP contribution in [0.15, 0.2) is 11.8 Å². The minimum absolute atomic E-state index is 0.0577. The molecule has 6 N–H and O–H groups in total. The molecule has 2 saturated carbocycles. The summed E-state index contributed by atoms with van der Waals surface area (Å²) in [5.74, 6) is -7.70. The zero-order valence-electron chi connectivity index (χ0n) is 25.0. The SMILES string of the molecule is COC(=O)C12OC[C@]34[C@H]([C@@H](O)C1O)[C@@]1(C)C=C(O[C@@H]5O[C@H](CO)[C@@H](O)[C@H](O)[C@H]5O)C(=O)[C@@H](C)[C@@H]1C[C@H]3OC(=O)[C@H](OC(C)=O)[C@@H]24. The van der Waals surface area contributed by atoms with Gasteiger partial charge in [-0.3, -0.25) is 9.59 Å². The van der Waals surface area contributed by atoms with Crippen LogP contribution in [0.4, 0.5) is 0 Å². The van der Waals surface area contributed by atoms with Crippen molar-refractivity contribution in [3.63, 3.8) is 0 Å². The summed E-state index contributed by atoms with van der Waals surface area (Å²) >= 11 is 0. The first-order valence-electron chi connectivity index (χ1n) is 14.8. The van der Waals surface area contributed by atoms with E-state index in [1.807, 2.05) is 0 Å². The molecular weight excluding hydrogens is 604 g/mol. The van der Waals surface area contributed by atoms with Crippen molar-refractivity contribution in [2.45, 2.75) is 87.9 Å². The molecule has 6 aliphatic rings. The lowest BCUT2D eigenvalue weighted by atomic mass is 9.38. The van der Waals surface area contributed by atoms with E-state index in [1.54, 1.807) is 13.8 Å². The molecule has 16 atom stereocenters. The summed E-state index contributed by atoms with van der Waals surface area (Å²) in [4.78, 5) is 52.7. The minimum atomic E-state index is -2.30. The number of carbonyl (C=O) groups excluding carboxylic acids is 4. The summed E-state index contributed by atoms with van der Waals surface area (Å²) in [5, 5.41) is 64.2. The monoisotopic (exact) mass is 642 g/mol. The number of hydrogen-bond donors (Lipinski definition) is 6. The predicted octanol–water partition coefficient (Wildman–Crippen LogP) is -3.31. The number of ether oxygens (including phenoxy) is 6. The van der Waals surface area contributed by atoms with Crippen molar-refractivity contribution in [3.8, 4) is 0 Å². The molecule has 3 aliphatic carbocycles. The molecule has 2 unspecified atom stereocenters. The van der Waals surface area contributed by atoms with Gasteiger partial charge in [0.2, 0.25) is 18.0 Å². The van der Waals surface area contributed by atoms with Crippen LogP contribution >= 0.6 is 0 Å². The Kier molecular flexibility index (Phi) is 7.64. The van der Waals surface area contributed by atoms with Crippen LogP contribution in [0.5, 0.6) is 0 Å². The highest BCUT2D eigenvalue weighted by molar-refractivity contribution is 5.96. The van der Waals surface area contributed by atoms with E-state index in [0.29, 0.717) is 0 Å². The second-order valence-electron chi connectivity index (χ2n) is 13.2. The molecule has 2 bridgehead atoms. The smallest absolute Gasteiger partial charge is 0.348 e. The summed E-state index contributed by atoms with van der Waals surface area (Å²) in [5.41, 5.74) is -5.00. The molecule has 5 fully saturated rings. The largest absolute Gasteiger partial charge is 0.467 e. The van der Waals surface area contributed by atoms with E-state index in [9.17, 15) is 49.8 Å². The lowest BCUT2D eigenvalue weighted by Gasteiger charge is -2.67. The van der Waals surface area contributed by atoms with E-state index in [0.717, 1.165) is 14.0 Å². The van der Waals surface area contributed by atoms with Crippen molar-refractivity contribution in [1.29, 1.82) is 0 Å². The Labute approximate surface area is 256 Å². The standard InChI is InChI=1S/C29H38O16/c1-9-11-5-14-28-8-41-29(26(39)40-4,22(28)20(24(38)45-14)42-10(2)31)23(37)19(36)21(28)27(11,3)6-12(15(9)32)43-25-18(35)17(34)16(33)13(7-30)44-25/h6,9,11,13-14,16-23,25,30,33-37H,5,7-8H2,1-4H3/t9-,11-,13+,14+,16+,17-,18+,19+,20+,21+,22+,23?,25+,27-,28+,29?/m0/s1. The quantitative estimate of drug-likeness (QED) is 0.127. The second-order valence-corrected chi connectivity index (χ2v) is 13.2. The lowest BCUT2D eigenvalue weighted by Crippen LogP contribution is -2.79. The number of Topliss-reactive ketones (excluding diaryl/α,β-unsaturated/α-hetero) is 1. The first-order valence-corrected chi connectivity index (χ1v) is 14.8. The van der Waals surface area contributed by atoms with Crippen LogP contribution in [-0.2, 0) is 47.6 Å². The summed E-state index contributed by atoms with van der Waals surface area (Å²) in [6.45, 7) is 3.33. The first kappa shape index (κ1) is 32.2. The Morgan fingerprint density at radius 3 is 2.36 bits per heavy atom. The minimum Gasteiger partial charge on any atom is -0.467 e. The molecule has 0 aromatic rings. The van der Waals surface area contributed by atoms with Gasteiger partial charge in [-0.25, -0.2) is 9.59 Å². The number of fused-ring (bicyclic) bond motifs is 2. The second kappa shape index (κ2) is 10.7. The van der Waals surface area contributed by atoms with E-state index >= 15 is 0 Å². The average molecular weight is 643 g/mol. The Morgan fingerprint density at radius 1 is 1.04 bits per heavy atom. The maximum Gasteiger partial charge on any atom is 0.348 e. The summed E-state index contributed by atoms with van der Waals surface area (Å²) in [7, 11) is 1.05. The van der Waals surface area contributed by atoms with Crippen molar-refractivity contribution in [2.24, 2.45) is 34.5 Å². The third-order valence-electron chi connectivity index (χ3n) is 11.2.